The van der Waals surface area contributed by atoms with Gasteiger partial charge in [0.25, 0.3) is 0 Å². The summed E-state index contributed by atoms with van der Waals surface area (Å²) in [5, 5.41) is 2.92. The van der Waals surface area contributed by atoms with Crippen LogP contribution in [0.1, 0.15) is 39.5 Å². The molecule has 76 valence electrons. The Kier molecular flexibility index (Phi) is 3.70. The molecule has 0 atom stereocenters. The zero-order valence-corrected chi connectivity index (χ0v) is 8.76. The topological polar surface area (TPSA) is 33.5 Å². The van der Waals surface area contributed by atoms with E-state index >= 15 is 0 Å². The van der Waals surface area contributed by atoms with Gasteiger partial charge in [-0.05, 0) is 32.6 Å². The molecule has 0 spiro atoms. The van der Waals surface area contributed by atoms with Crippen molar-refractivity contribution in [3.05, 3.63) is 22.7 Å². The molecule has 0 saturated heterocycles. The minimum absolute atomic E-state index is 0.0457. The van der Waals surface area contributed by atoms with Gasteiger partial charge >= 0.3 is 0 Å². The zero-order chi connectivity index (χ0) is 10.6. The quantitative estimate of drug-likeness (QED) is 0.635. The first-order valence-corrected chi connectivity index (χ1v) is 4.96. The van der Waals surface area contributed by atoms with Crippen molar-refractivity contribution in [1.82, 2.24) is 5.32 Å². The molecule has 0 aliphatic heterocycles. The van der Waals surface area contributed by atoms with Crippen molar-refractivity contribution in [3.8, 4) is 0 Å². The second kappa shape index (κ2) is 4.80. The molecule has 3 heteroatoms. The van der Waals surface area contributed by atoms with Crippen molar-refractivity contribution >= 4 is 5.91 Å². The number of carbonyl (C=O) groups is 1. The molecule has 0 aromatic carbocycles. The van der Waals surface area contributed by atoms with Gasteiger partial charge in [0, 0.05) is 13.0 Å². The summed E-state index contributed by atoms with van der Waals surface area (Å²) in [4.78, 5) is 14.3. The Morgan fingerprint density at radius 1 is 1.43 bits per heavy atom. The highest BCUT2D eigenvalue weighted by atomic mass is 16.1. The summed E-state index contributed by atoms with van der Waals surface area (Å²) in [5.74, 6) is 0.0457. The van der Waals surface area contributed by atoms with Crippen LogP contribution in [0.3, 0.4) is 0 Å². The van der Waals surface area contributed by atoms with E-state index in [1.165, 1.54) is 5.57 Å². The normalized spacial score (nSPS) is 21.2. The fourth-order valence-electron chi connectivity index (χ4n) is 1.84. The first-order valence-electron chi connectivity index (χ1n) is 4.96. The largest absolute Gasteiger partial charge is 0.354 e. The van der Waals surface area contributed by atoms with Gasteiger partial charge in [-0.3, -0.25) is 4.79 Å². The van der Waals surface area contributed by atoms with Crippen LogP contribution in [0.15, 0.2) is 11.3 Å². The Balaban J connectivity index is 2.47. The van der Waals surface area contributed by atoms with E-state index in [9.17, 15) is 4.79 Å². The second-order valence-corrected chi connectivity index (χ2v) is 3.78. The molecule has 1 aliphatic carbocycles. The van der Waals surface area contributed by atoms with Crippen molar-refractivity contribution in [1.29, 1.82) is 0 Å². The third-order valence-corrected chi connectivity index (χ3v) is 2.68. The number of rotatable bonds is 1. The standard InChI is InChI=1S/C11H16N2O/c1-8(12-3)10-4-6-11(7-5-10)13-9(2)14/h11H,4-7H2,1-2H3,(H,13,14). The molecular weight excluding hydrogens is 176 g/mol. The van der Waals surface area contributed by atoms with Crippen LogP contribution >= 0.6 is 0 Å². The van der Waals surface area contributed by atoms with Crippen LogP contribution in [-0.2, 0) is 4.79 Å². The van der Waals surface area contributed by atoms with Gasteiger partial charge in [0.1, 0.15) is 0 Å². The molecule has 0 unspecified atom stereocenters. The third kappa shape index (κ3) is 2.88. The van der Waals surface area contributed by atoms with Crippen LogP contribution in [-0.4, -0.2) is 11.9 Å². The maximum absolute atomic E-state index is 10.8. The molecule has 0 heterocycles. The van der Waals surface area contributed by atoms with E-state index in [1.807, 2.05) is 6.92 Å². The van der Waals surface area contributed by atoms with Crippen LogP contribution < -0.4 is 5.32 Å². The predicted octanol–water partition coefficient (Wildman–Crippen LogP) is 2.26. The maximum Gasteiger partial charge on any atom is 0.217 e. The third-order valence-electron chi connectivity index (χ3n) is 2.68. The van der Waals surface area contributed by atoms with Gasteiger partial charge in [-0.15, -0.1) is 0 Å². The van der Waals surface area contributed by atoms with E-state index in [1.54, 1.807) is 6.92 Å². The molecule has 0 bridgehead atoms. The Hall–Kier alpha value is -1.30. The molecule has 3 nitrogen and oxygen atoms in total. The molecule has 1 fully saturated rings. The highest BCUT2D eigenvalue weighted by Crippen LogP contribution is 2.26. The summed E-state index contributed by atoms with van der Waals surface area (Å²) in [6.45, 7) is 10.3. The summed E-state index contributed by atoms with van der Waals surface area (Å²) in [6.07, 6.45) is 3.86. The summed E-state index contributed by atoms with van der Waals surface area (Å²) >= 11 is 0. The van der Waals surface area contributed by atoms with Crippen molar-refractivity contribution in [2.45, 2.75) is 45.6 Å². The predicted molar refractivity (Wildman–Crippen MR) is 55.4 cm³/mol. The Morgan fingerprint density at radius 3 is 2.43 bits per heavy atom. The van der Waals surface area contributed by atoms with E-state index in [0.717, 1.165) is 31.4 Å². The first-order chi connectivity index (χ1) is 6.63. The van der Waals surface area contributed by atoms with Crippen molar-refractivity contribution in [2.24, 2.45) is 0 Å². The molecule has 1 saturated carbocycles. The molecule has 14 heavy (non-hydrogen) atoms. The van der Waals surface area contributed by atoms with Crippen LogP contribution in [0.4, 0.5) is 0 Å². The van der Waals surface area contributed by atoms with Crippen molar-refractivity contribution in [3.63, 3.8) is 0 Å². The number of hydrogen-bond donors (Lipinski definition) is 1. The van der Waals surface area contributed by atoms with Gasteiger partial charge in [-0.1, -0.05) is 5.57 Å². The lowest BCUT2D eigenvalue weighted by Crippen LogP contribution is -2.34. The minimum atomic E-state index is 0.0457. The molecule has 1 N–H and O–H groups in total. The number of allylic oxidation sites excluding steroid dienone is 2. The number of carbonyl (C=O) groups excluding carboxylic acids is 1. The first kappa shape index (κ1) is 10.8. The summed E-state index contributed by atoms with van der Waals surface area (Å²) in [6, 6.07) is 0.315. The summed E-state index contributed by atoms with van der Waals surface area (Å²) in [7, 11) is 0. The molecule has 1 amide bonds. The van der Waals surface area contributed by atoms with Gasteiger partial charge < -0.3 is 5.32 Å². The van der Waals surface area contributed by atoms with Gasteiger partial charge in [0.05, 0.1) is 6.57 Å². The Bertz CT molecular complexity index is 289. The van der Waals surface area contributed by atoms with E-state index in [2.05, 4.69) is 10.2 Å². The van der Waals surface area contributed by atoms with E-state index < -0.39 is 0 Å². The van der Waals surface area contributed by atoms with Crippen molar-refractivity contribution < 1.29 is 4.79 Å². The fraction of sp³-hybridized carbons (Fsp3) is 0.636. The Labute approximate surface area is 85.0 Å². The smallest absolute Gasteiger partial charge is 0.217 e. The van der Waals surface area contributed by atoms with Gasteiger partial charge in [0.2, 0.25) is 5.91 Å². The Morgan fingerprint density at radius 2 is 2.00 bits per heavy atom. The van der Waals surface area contributed by atoms with Crippen molar-refractivity contribution in [2.75, 3.05) is 0 Å². The van der Waals surface area contributed by atoms with E-state index in [4.69, 9.17) is 6.57 Å². The lowest BCUT2D eigenvalue weighted by Gasteiger charge is -2.24. The highest BCUT2D eigenvalue weighted by molar-refractivity contribution is 5.73. The lowest BCUT2D eigenvalue weighted by molar-refractivity contribution is -0.119. The number of nitrogens with one attached hydrogen (secondary N) is 1. The van der Waals surface area contributed by atoms with Crippen LogP contribution in [0.2, 0.25) is 0 Å². The zero-order valence-electron chi connectivity index (χ0n) is 8.76. The maximum atomic E-state index is 10.8. The monoisotopic (exact) mass is 192 g/mol. The average Bonchev–Trinajstić information content (AvgIpc) is 2.17. The minimum Gasteiger partial charge on any atom is -0.354 e. The molecule has 0 aromatic rings. The van der Waals surface area contributed by atoms with Crippen LogP contribution in [0, 0.1) is 6.57 Å². The SMILES string of the molecule is [C-]#[N+]C(C)=C1CCC(NC(C)=O)CC1. The van der Waals surface area contributed by atoms with Crippen LogP contribution in [0.5, 0.6) is 0 Å². The number of nitrogens with zero attached hydrogens (tertiary/aromatic N) is 1. The van der Waals surface area contributed by atoms with Gasteiger partial charge in [0.15, 0.2) is 5.70 Å². The summed E-state index contributed by atoms with van der Waals surface area (Å²) < 4.78 is 0. The number of amides is 1. The van der Waals surface area contributed by atoms with E-state index in [0.29, 0.717) is 6.04 Å². The number of hydrogen-bond acceptors (Lipinski definition) is 1. The van der Waals surface area contributed by atoms with Gasteiger partial charge in [-0.2, -0.15) is 0 Å². The lowest BCUT2D eigenvalue weighted by atomic mass is 9.90. The van der Waals surface area contributed by atoms with Crippen LogP contribution in [0.25, 0.3) is 4.85 Å². The second-order valence-electron chi connectivity index (χ2n) is 3.78. The molecule has 0 radical (unpaired) electrons. The summed E-state index contributed by atoms with van der Waals surface area (Å²) in [5.41, 5.74) is 2.10. The molecule has 0 aromatic heterocycles. The van der Waals surface area contributed by atoms with E-state index in [-0.39, 0.29) is 5.91 Å². The fourth-order valence-corrected chi connectivity index (χ4v) is 1.84. The molecular formula is C11H16N2O. The highest BCUT2D eigenvalue weighted by Gasteiger charge is 2.18. The molecule has 1 rings (SSSR count). The molecule has 1 aliphatic rings. The average molecular weight is 192 g/mol. The van der Waals surface area contributed by atoms with Gasteiger partial charge in [-0.25, -0.2) is 4.85 Å².